The monoisotopic (exact) mass is 375 g/mol. The molecule has 4 fully saturated rings. The van der Waals surface area contributed by atoms with Gasteiger partial charge in [-0.2, -0.15) is 0 Å². The molecule has 0 saturated heterocycles. The van der Waals surface area contributed by atoms with Crippen molar-refractivity contribution in [1.29, 1.82) is 0 Å². The molecule has 0 radical (unpaired) electrons. The molecular formula is C21H26FNO4. The lowest BCUT2D eigenvalue weighted by Crippen LogP contribution is -2.51. The first-order chi connectivity index (χ1) is 13.0. The van der Waals surface area contributed by atoms with Crippen LogP contribution in [0.1, 0.15) is 38.5 Å². The van der Waals surface area contributed by atoms with E-state index in [2.05, 4.69) is 5.32 Å². The number of carbonyl (C=O) groups is 2. The van der Waals surface area contributed by atoms with Gasteiger partial charge in [0, 0.05) is 12.6 Å². The molecule has 0 aromatic heterocycles. The van der Waals surface area contributed by atoms with Crippen molar-refractivity contribution in [3.8, 4) is 5.75 Å². The number of benzene rings is 1. The van der Waals surface area contributed by atoms with Crippen molar-refractivity contribution in [3.05, 3.63) is 30.1 Å². The number of ether oxygens (including phenoxy) is 2. The predicted molar refractivity (Wildman–Crippen MR) is 96.5 cm³/mol. The van der Waals surface area contributed by atoms with Crippen LogP contribution >= 0.6 is 0 Å². The van der Waals surface area contributed by atoms with Gasteiger partial charge < -0.3 is 14.8 Å². The van der Waals surface area contributed by atoms with E-state index in [1.807, 2.05) is 0 Å². The van der Waals surface area contributed by atoms with Crippen LogP contribution in [0.25, 0.3) is 0 Å². The molecule has 1 aromatic carbocycles. The summed E-state index contributed by atoms with van der Waals surface area (Å²) in [7, 11) is 0. The number of hydrogen-bond acceptors (Lipinski definition) is 4. The van der Waals surface area contributed by atoms with Gasteiger partial charge in [-0.05, 0) is 73.8 Å². The van der Waals surface area contributed by atoms with Crippen molar-refractivity contribution in [2.45, 2.75) is 38.5 Å². The second-order valence-electron chi connectivity index (χ2n) is 8.60. The zero-order valence-electron chi connectivity index (χ0n) is 15.4. The first-order valence-corrected chi connectivity index (χ1v) is 9.80. The van der Waals surface area contributed by atoms with Crippen LogP contribution in [0.4, 0.5) is 4.39 Å². The Bertz CT molecular complexity index is 685. The Kier molecular flexibility index (Phi) is 5.06. The molecule has 1 aromatic rings. The van der Waals surface area contributed by atoms with Gasteiger partial charge >= 0.3 is 5.97 Å². The minimum atomic E-state index is -0.649. The first-order valence-electron chi connectivity index (χ1n) is 9.80. The van der Waals surface area contributed by atoms with Gasteiger partial charge in [0.25, 0.3) is 5.91 Å². The Morgan fingerprint density at radius 1 is 1.07 bits per heavy atom. The number of carbonyl (C=O) groups excluding carboxylic acids is 2. The molecule has 4 bridgehead atoms. The summed E-state index contributed by atoms with van der Waals surface area (Å²) in [4.78, 5) is 23.8. The van der Waals surface area contributed by atoms with Crippen molar-refractivity contribution in [2.24, 2.45) is 23.2 Å². The number of halogens is 1. The molecule has 0 heterocycles. The first kappa shape index (κ1) is 18.3. The Hall–Kier alpha value is -2.11. The van der Waals surface area contributed by atoms with Crippen molar-refractivity contribution in [1.82, 2.24) is 5.32 Å². The Morgan fingerprint density at radius 3 is 2.37 bits per heavy atom. The quantitative estimate of drug-likeness (QED) is 0.744. The standard InChI is InChI=1S/C21H26FNO4/c22-17-2-1-3-18(7-17)26-12-20(25)27-11-19(24)23-13-21-8-14-4-15(9-21)6-16(5-14)10-21/h1-3,7,14-16H,4-6,8-13H2,(H,23,24). The number of hydrogen-bond donors (Lipinski definition) is 1. The molecular weight excluding hydrogens is 349 g/mol. The van der Waals surface area contributed by atoms with Crippen LogP contribution in [0.2, 0.25) is 0 Å². The molecule has 146 valence electrons. The van der Waals surface area contributed by atoms with Crippen molar-refractivity contribution in [3.63, 3.8) is 0 Å². The van der Waals surface area contributed by atoms with Gasteiger partial charge in [0.05, 0.1) is 0 Å². The summed E-state index contributed by atoms with van der Waals surface area (Å²) in [6.07, 6.45) is 7.78. The van der Waals surface area contributed by atoms with E-state index in [9.17, 15) is 14.0 Å². The van der Waals surface area contributed by atoms with Crippen molar-refractivity contribution >= 4 is 11.9 Å². The van der Waals surface area contributed by atoms with Gasteiger partial charge in [0.1, 0.15) is 11.6 Å². The second kappa shape index (κ2) is 7.49. The maximum atomic E-state index is 13.1. The zero-order chi connectivity index (χ0) is 18.9. The molecule has 4 saturated carbocycles. The smallest absolute Gasteiger partial charge is 0.344 e. The van der Waals surface area contributed by atoms with E-state index >= 15 is 0 Å². The fourth-order valence-corrected chi connectivity index (χ4v) is 5.73. The average molecular weight is 375 g/mol. The lowest BCUT2D eigenvalue weighted by Gasteiger charge is -2.56. The largest absolute Gasteiger partial charge is 0.482 e. The molecule has 27 heavy (non-hydrogen) atoms. The Morgan fingerprint density at radius 2 is 1.74 bits per heavy atom. The molecule has 5 nitrogen and oxygen atoms in total. The maximum Gasteiger partial charge on any atom is 0.344 e. The van der Waals surface area contributed by atoms with E-state index in [4.69, 9.17) is 9.47 Å². The molecule has 0 spiro atoms. The van der Waals surface area contributed by atoms with Gasteiger partial charge in [-0.15, -0.1) is 0 Å². The maximum absolute atomic E-state index is 13.1. The van der Waals surface area contributed by atoms with Crippen molar-refractivity contribution in [2.75, 3.05) is 19.8 Å². The van der Waals surface area contributed by atoms with E-state index in [0.717, 1.165) is 17.8 Å². The predicted octanol–water partition coefficient (Wildman–Crippen LogP) is 3.08. The number of rotatable bonds is 7. The van der Waals surface area contributed by atoms with E-state index in [0.29, 0.717) is 6.54 Å². The number of nitrogens with one attached hydrogen (secondary N) is 1. The highest BCUT2D eigenvalue weighted by molar-refractivity contribution is 5.80. The van der Waals surface area contributed by atoms with E-state index in [-0.39, 0.29) is 30.3 Å². The molecule has 0 atom stereocenters. The highest BCUT2D eigenvalue weighted by Gasteiger charge is 2.50. The highest BCUT2D eigenvalue weighted by atomic mass is 19.1. The summed E-state index contributed by atoms with van der Waals surface area (Å²) in [5.74, 6) is 1.40. The minimum absolute atomic E-state index is 0.248. The molecule has 1 amide bonds. The summed E-state index contributed by atoms with van der Waals surface area (Å²) in [5.41, 5.74) is 0.259. The Labute approximate surface area is 158 Å². The van der Waals surface area contributed by atoms with Gasteiger partial charge in [0.2, 0.25) is 0 Å². The number of amides is 1. The summed E-state index contributed by atoms with van der Waals surface area (Å²) in [6.45, 7) is 0.0239. The minimum Gasteiger partial charge on any atom is -0.482 e. The van der Waals surface area contributed by atoms with E-state index < -0.39 is 11.8 Å². The summed E-state index contributed by atoms with van der Waals surface area (Å²) in [5, 5.41) is 2.97. The molecule has 6 heteroatoms. The average Bonchev–Trinajstić information content (AvgIpc) is 2.62. The lowest BCUT2D eigenvalue weighted by molar-refractivity contribution is -0.150. The van der Waals surface area contributed by atoms with Crippen LogP contribution in [-0.2, 0) is 14.3 Å². The molecule has 0 aliphatic heterocycles. The normalized spacial score (nSPS) is 30.8. The second-order valence-corrected chi connectivity index (χ2v) is 8.60. The van der Waals surface area contributed by atoms with E-state index in [1.54, 1.807) is 6.07 Å². The molecule has 4 aliphatic rings. The molecule has 1 N–H and O–H groups in total. The zero-order valence-corrected chi connectivity index (χ0v) is 15.4. The third-order valence-corrected chi connectivity index (χ3v) is 6.34. The highest BCUT2D eigenvalue weighted by Crippen LogP contribution is 2.59. The Balaban J connectivity index is 1.17. The molecule has 5 rings (SSSR count). The van der Waals surface area contributed by atoms with Gasteiger partial charge in [-0.25, -0.2) is 9.18 Å². The van der Waals surface area contributed by atoms with Crippen LogP contribution in [0.5, 0.6) is 5.75 Å². The van der Waals surface area contributed by atoms with Crippen LogP contribution in [-0.4, -0.2) is 31.6 Å². The molecule has 0 unspecified atom stereocenters. The van der Waals surface area contributed by atoms with Gasteiger partial charge in [0.15, 0.2) is 13.2 Å². The number of esters is 1. The molecule has 4 aliphatic carbocycles. The fourth-order valence-electron chi connectivity index (χ4n) is 5.73. The third-order valence-electron chi connectivity index (χ3n) is 6.34. The summed E-state index contributed by atoms with van der Waals surface area (Å²) in [6, 6.07) is 5.52. The SMILES string of the molecule is O=C(COC(=O)COc1cccc(F)c1)NCC12CC3CC(CC(C3)C1)C2. The van der Waals surface area contributed by atoms with Crippen LogP contribution in [0.3, 0.4) is 0 Å². The topological polar surface area (TPSA) is 64.6 Å². The summed E-state index contributed by atoms with van der Waals surface area (Å²) >= 11 is 0. The fraction of sp³-hybridized carbons (Fsp3) is 0.619. The summed E-state index contributed by atoms with van der Waals surface area (Å²) < 4.78 is 23.2. The van der Waals surface area contributed by atoms with E-state index in [1.165, 1.54) is 56.7 Å². The van der Waals surface area contributed by atoms with Crippen molar-refractivity contribution < 1.29 is 23.5 Å². The van der Waals surface area contributed by atoms with Crippen LogP contribution < -0.4 is 10.1 Å². The van der Waals surface area contributed by atoms with Crippen LogP contribution in [0.15, 0.2) is 24.3 Å². The van der Waals surface area contributed by atoms with Crippen LogP contribution in [0, 0.1) is 29.0 Å². The lowest BCUT2D eigenvalue weighted by atomic mass is 9.49. The van der Waals surface area contributed by atoms with Gasteiger partial charge in [-0.1, -0.05) is 6.07 Å². The third kappa shape index (κ3) is 4.42. The van der Waals surface area contributed by atoms with Gasteiger partial charge in [-0.3, -0.25) is 4.79 Å².